The van der Waals surface area contributed by atoms with Crippen molar-refractivity contribution in [3.05, 3.63) is 83.4 Å². The Morgan fingerprint density at radius 1 is 0.974 bits per heavy atom. The fourth-order valence-corrected chi connectivity index (χ4v) is 4.42. The van der Waals surface area contributed by atoms with E-state index in [1.165, 1.54) is 6.92 Å². The molecule has 39 heavy (non-hydrogen) atoms. The summed E-state index contributed by atoms with van der Waals surface area (Å²) in [5.74, 6) is -0.847. The fourth-order valence-electron chi connectivity index (χ4n) is 4.42. The van der Waals surface area contributed by atoms with Crippen molar-refractivity contribution >= 4 is 51.8 Å². The number of nitrogens with zero attached hydrogens (tertiary/aromatic N) is 2. The Labute approximate surface area is 228 Å². The first-order valence-electron chi connectivity index (χ1n) is 12.7. The molecule has 202 valence electrons. The van der Waals surface area contributed by atoms with Crippen LogP contribution in [0, 0.1) is 0 Å². The number of anilines is 4. The van der Waals surface area contributed by atoms with Crippen molar-refractivity contribution in [3.8, 4) is 0 Å². The molecule has 1 aliphatic rings. The van der Waals surface area contributed by atoms with Gasteiger partial charge in [0.1, 0.15) is 0 Å². The lowest BCUT2D eigenvalue weighted by Crippen LogP contribution is -2.35. The van der Waals surface area contributed by atoms with Gasteiger partial charge >= 0.3 is 5.97 Å². The van der Waals surface area contributed by atoms with Crippen LogP contribution < -0.4 is 21.3 Å². The number of hydrogen-bond acceptors (Lipinski definition) is 7. The molecular weight excluding hydrogens is 494 g/mol. The van der Waals surface area contributed by atoms with Crippen LogP contribution in [0.15, 0.2) is 66.7 Å². The molecule has 3 aromatic carbocycles. The predicted octanol–water partition coefficient (Wildman–Crippen LogP) is 4.29. The summed E-state index contributed by atoms with van der Waals surface area (Å²) in [6.45, 7) is 4.71. The van der Waals surface area contributed by atoms with E-state index in [0.717, 1.165) is 5.56 Å². The summed E-state index contributed by atoms with van der Waals surface area (Å²) in [7, 11) is 3.89. The summed E-state index contributed by atoms with van der Waals surface area (Å²) in [5.41, 5.74) is 11.5. The van der Waals surface area contributed by atoms with Crippen molar-refractivity contribution < 1.29 is 19.1 Å². The lowest BCUT2D eigenvalue weighted by atomic mass is 9.99. The van der Waals surface area contributed by atoms with Crippen LogP contribution in [-0.4, -0.2) is 56.5 Å². The second-order valence-electron chi connectivity index (χ2n) is 9.42. The van der Waals surface area contributed by atoms with Gasteiger partial charge in [-0.15, -0.1) is 0 Å². The zero-order valence-corrected chi connectivity index (χ0v) is 22.6. The Morgan fingerprint density at radius 2 is 1.72 bits per heavy atom. The molecule has 2 amide bonds. The molecule has 4 N–H and O–H groups in total. The Hall–Kier alpha value is -4.63. The van der Waals surface area contributed by atoms with E-state index in [1.54, 1.807) is 42.2 Å². The van der Waals surface area contributed by atoms with Gasteiger partial charge in [-0.2, -0.15) is 0 Å². The topological polar surface area (TPSA) is 117 Å². The fraction of sp³-hybridized carbons (Fsp3) is 0.233. The van der Waals surface area contributed by atoms with Crippen LogP contribution in [0.1, 0.15) is 35.3 Å². The molecule has 0 spiro atoms. The van der Waals surface area contributed by atoms with Gasteiger partial charge in [0.05, 0.1) is 40.5 Å². The van der Waals surface area contributed by atoms with Crippen LogP contribution in [0.5, 0.6) is 0 Å². The van der Waals surface area contributed by atoms with Gasteiger partial charge in [-0.1, -0.05) is 36.4 Å². The van der Waals surface area contributed by atoms with Crippen LogP contribution in [0.4, 0.5) is 22.7 Å². The number of carbonyl (C=O) groups excluding carboxylic acids is 3. The van der Waals surface area contributed by atoms with Crippen molar-refractivity contribution in [1.29, 1.82) is 0 Å². The van der Waals surface area contributed by atoms with Gasteiger partial charge < -0.3 is 30.9 Å². The number of hydrogen-bond donors (Lipinski definition) is 3. The van der Waals surface area contributed by atoms with E-state index in [-0.39, 0.29) is 18.4 Å². The van der Waals surface area contributed by atoms with Crippen LogP contribution in [0.25, 0.3) is 11.3 Å². The normalized spacial score (nSPS) is 13.5. The van der Waals surface area contributed by atoms with Crippen LogP contribution in [0.2, 0.25) is 0 Å². The molecule has 0 atom stereocenters. The van der Waals surface area contributed by atoms with Gasteiger partial charge in [0.15, 0.2) is 0 Å². The molecule has 3 aromatic rings. The average molecular weight is 528 g/mol. The van der Waals surface area contributed by atoms with E-state index in [1.807, 2.05) is 55.4 Å². The standard InChI is InChI=1S/C30H33N5O4/c1-5-39-30(38)21-11-13-23-25(17-21)33-29(37)27(23)28(20-9-7-6-8-10-20)32-22-12-14-26(24(31)18-22)35(19(2)36)16-15-34(3)4/h6-14,17-18,32H,5,15-16,31H2,1-4H3,(H,33,37)/b28-27-. The third-order valence-corrected chi connectivity index (χ3v) is 6.33. The van der Waals surface area contributed by atoms with Gasteiger partial charge in [-0.25, -0.2) is 4.79 Å². The molecular formula is C30H33N5O4. The minimum Gasteiger partial charge on any atom is -0.462 e. The predicted molar refractivity (Wildman–Crippen MR) is 155 cm³/mol. The van der Waals surface area contributed by atoms with Crippen LogP contribution in [0.3, 0.4) is 0 Å². The quantitative estimate of drug-likeness (QED) is 0.216. The minimum absolute atomic E-state index is 0.0993. The number of fused-ring (bicyclic) bond motifs is 1. The third kappa shape index (κ3) is 6.10. The SMILES string of the molecule is CCOC(=O)c1ccc2c(c1)NC(=O)/C2=C(\Nc1ccc(N(CCN(C)C)C(C)=O)c(N)c1)c1ccccc1. The molecule has 0 fully saturated rings. The molecule has 0 radical (unpaired) electrons. The van der Waals surface area contributed by atoms with Crippen LogP contribution >= 0.6 is 0 Å². The zero-order valence-electron chi connectivity index (χ0n) is 22.6. The summed E-state index contributed by atoms with van der Waals surface area (Å²) in [5, 5.41) is 6.26. The van der Waals surface area contributed by atoms with Crippen molar-refractivity contribution in [2.45, 2.75) is 13.8 Å². The van der Waals surface area contributed by atoms with E-state index in [0.29, 0.717) is 58.2 Å². The Morgan fingerprint density at radius 3 is 2.36 bits per heavy atom. The number of esters is 1. The molecule has 1 heterocycles. The molecule has 4 rings (SSSR count). The maximum absolute atomic E-state index is 13.3. The highest BCUT2D eigenvalue weighted by Gasteiger charge is 2.29. The number of carbonyl (C=O) groups is 3. The second kappa shape index (κ2) is 11.8. The first-order valence-corrected chi connectivity index (χ1v) is 12.7. The first-order chi connectivity index (χ1) is 18.7. The number of amides is 2. The molecule has 0 saturated carbocycles. The molecule has 9 nitrogen and oxygen atoms in total. The molecule has 0 unspecified atom stereocenters. The first kappa shape index (κ1) is 27.4. The number of likely N-dealkylation sites (N-methyl/N-ethyl adjacent to an activating group) is 1. The van der Waals surface area contributed by atoms with Gasteiger partial charge in [0.2, 0.25) is 5.91 Å². The maximum atomic E-state index is 13.3. The lowest BCUT2D eigenvalue weighted by Gasteiger charge is -2.25. The average Bonchev–Trinajstić information content (AvgIpc) is 3.23. The Balaban J connectivity index is 1.74. The summed E-state index contributed by atoms with van der Waals surface area (Å²) >= 11 is 0. The van der Waals surface area contributed by atoms with Crippen molar-refractivity contribution in [3.63, 3.8) is 0 Å². The van der Waals surface area contributed by atoms with E-state index in [4.69, 9.17) is 10.5 Å². The summed E-state index contributed by atoms with van der Waals surface area (Å²) in [6, 6.07) is 19.9. The highest BCUT2D eigenvalue weighted by Crippen LogP contribution is 2.39. The van der Waals surface area contributed by atoms with E-state index < -0.39 is 5.97 Å². The van der Waals surface area contributed by atoms with Gasteiger partial charge in [-0.3, -0.25) is 9.59 Å². The summed E-state index contributed by atoms with van der Waals surface area (Å²) < 4.78 is 5.10. The maximum Gasteiger partial charge on any atom is 0.338 e. The summed E-state index contributed by atoms with van der Waals surface area (Å²) in [6.07, 6.45) is 0. The van der Waals surface area contributed by atoms with Crippen LogP contribution in [-0.2, 0) is 14.3 Å². The molecule has 0 aromatic heterocycles. The number of ether oxygens (including phenoxy) is 1. The number of nitrogens with two attached hydrogens (primary N) is 1. The molecule has 0 saturated heterocycles. The monoisotopic (exact) mass is 527 g/mol. The van der Waals surface area contributed by atoms with Crippen molar-refractivity contribution in [2.24, 2.45) is 0 Å². The number of benzene rings is 3. The Bertz CT molecular complexity index is 1430. The Kier molecular flexibility index (Phi) is 8.31. The van der Waals surface area contributed by atoms with E-state index in [2.05, 4.69) is 10.6 Å². The molecule has 0 bridgehead atoms. The van der Waals surface area contributed by atoms with E-state index in [9.17, 15) is 14.4 Å². The number of rotatable bonds is 9. The highest BCUT2D eigenvalue weighted by atomic mass is 16.5. The molecule has 0 aliphatic carbocycles. The van der Waals surface area contributed by atoms with Gasteiger partial charge in [0.25, 0.3) is 5.91 Å². The third-order valence-electron chi connectivity index (χ3n) is 6.33. The van der Waals surface area contributed by atoms with Crippen molar-refractivity contribution in [1.82, 2.24) is 4.90 Å². The van der Waals surface area contributed by atoms with Gasteiger partial charge in [-0.05, 0) is 56.9 Å². The largest absolute Gasteiger partial charge is 0.462 e. The van der Waals surface area contributed by atoms with Crippen molar-refractivity contribution in [2.75, 3.05) is 55.1 Å². The van der Waals surface area contributed by atoms with Gasteiger partial charge in [0, 0.05) is 31.3 Å². The molecule has 1 aliphatic heterocycles. The summed E-state index contributed by atoms with van der Waals surface area (Å²) in [4.78, 5) is 41.5. The zero-order chi connectivity index (χ0) is 28.1. The van der Waals surface area contributed by atoms with E-state index >= 15 is 0 Å². The minimum atomic E-state index is -0.450. The highest BCUT2D eigenvalue weighted by molar-refractivity contribution is 6.37. The number of nitrogen functional groups attached to an aromatic ring is 1. The second-order valence-corrected chi connectivity index (χ2v) is 9.42. The lowest BCUT2D eigenvalue weighted by molar-refractivity contribution is -0.116. The smallest absolute Gasteiger partial charge is 0.338 e. The molecule has 9 heteroatoms. The number of nitrogens with one attached hydrogen (secondary N) is 2.